The average molecular weight is 302 g/mol. The molecule has 3 N–H and O–H groups in total. The monoisotopic (exact) mass is 302 g/mol. The van der Waals surface area contributed by atoms with Crippen molar-refractivity contribution < 1.29 is 20.1 Å². The molecule has 1 aliphatic heterocycles. The molecule has 0 bridgehead atoms. The van der Waals surface area contributed by atoms with E-state index in [4.69, 9.17) is 4.74 Å². The van der Waals surface area contributed by atoms with Crippen molar-refractivity contribution in [3.8, 4) is 0 Å². The van der Waals surface area contributed by atoms with Gasteiger partial charge in [-0.05, 0) is 17.8 Å². The molecule has 4 atom stereocenters. The fourth-order valence-corrected chi connectivity index (χ4v) is 3.17. The lowest BCUT2D eigenvalue weighted by atomic mass is 9.70. The fourth-order valence-electron chi connectivity index (χ4n) is 3.17. The van der Waals surface area contributed by atoms with Gasteiger partial charge in [0.25, 0.3) is 0 Å². The number of aliphatic hydroxyl groups excluding tert-OH is 3. The third kappa shape index (κ3) is 5.85. The number of hydrogen-bond donors (Lipinski definition) is 3. The van der Waals surface area contributed by atoms with Crippen molar-refractivity contribution in [2.75, 3.05) is 6.61 Å². The van der Waals surface area contributed by atoms with Crippen LogP contribution in [0.15, 0.2) is 0 Å². The van der Waals surface area contributed by atoms with E-state index in [1.807, 2.05) is 0 Å². The van der Waals surface area contributed by atoms with Crippen molar-refractivity contribution >= 4 is 0 Å². The smallest absolute Gasteiger partial charge is 0.183 e. The lowest BCUT2D eigenvalue weighted by Crippen LogP contribution is -2.54. The minimum atomic E-state index is -1.26. The molecular formula is C17H34O4. The van der Waals surface area contributed by atoms with E-state index in [-0.39, 0.29) is 11.3 Å². The summed E-state index contributed by atoms with van der Waals surface area (Å²) in [5.41, 5.74) is -0.0986. The van der Waals surface area contributed by atoms with Crippen LogP contribution in [0.4, 0.5) is 0 Å². The molecule has 0 amide bonds. The van der Waals surface area contributed by atoms with Crippen LogP contribution < -0.4 is 0 Å². The average Bonchev–Trinajstić information content (AvgIpc) is 2.39. The Kier molecular flexibility index (Phi) is 7.62. The Morgan fingerprint density at radius 3 is 2.24 bits per heavy atom. The highest BCUT2D eigenvalue weighted by atomic mass is 16.6. The zero-order chi connectivity index (χ0) is 16.0. The molecular weight excluding hydrogens is 268 g/mol. The molecule has 1 aliphatic rings. The van der Waals surface area contributed by atoms with E-state index in [2.05, 4.69) is 27.7 Å². The van der Waals surface area contributed by atoms with Gasteiger partial charge in [-0.15, -0.1) is 0 Å². The Labute approximate surface area is 129 Å². The highest BCUT2D eigenvalue weighted by molar-refractivity contribution is 4.90. The molecule has 4 nitrogen and oxygen atoms in total. The zero-order valence-corrected chi connectivity index (χ0v) is 14.1. The van der Waals surface area contributed by atoms with Gasteiger partial charge in [0.15, 0.2) is 6.29 Å². The summed E-state index contributed by atoms with van der Waals surface area (Å²) in [6.07, 6.45) is 3.82. The predicted octanol–water partition coefficient (Wildman–Crippen LogP) is 2.70. The summed E-state index contributed by atoms with van der Waals surface area (Å²) in [5.74, 6) is 0.649. The van der Waals surface area contributed by atoms with Gasteiger partial charge in [0.05, 0.1) is 12.7 Å². The van der Waals surface area contributed by atoms with Crippen LogP contribution in [0.3, 0.4) is 0 Å². The normalized spacial score (nSPS) is 30.9. The van der Waals surface area contributed by atoms with Crippen LogP contribution in [0.5, 0.6) is 0 Å². The van der Waals surface area contributed by atoms with Crippen molar-refractivity contribution in [2.45, 2.75) is 84.7 Å². The molecule has 0 saturated carbocycles. The van der Waals surface area contributed by atoms with Crippen LogP contribution in [0, 0.1) is 17.3 Å². The summed E-state index contributed by atoms with van der Waals surface area (Å²) in [7, 11) is 0. The van der Waals surface area contributed by atoms with Gasteiger partial charge in [-0.1, -0.05) is 59.8 Å². The fraction of sp³-hybridized carbons (Fsp3) is 1.00. The molecule has 1 fully saturated rings. The molecule has 0 aromatic heterocycles. The first-order valence-electron chi connectivity index (χ1n) is 8.41. The molecule has 126 valence electrons. The van der Waals surface area contributed by atoms with E-state index >= 15 is 0 Å². The molecule has 1 heterocycles. The predicted molar refractivity (Wildman–Crippen MR) is 83.8 cm³/mol. The maximum atomic E-state index is 10.2. The quantitative estimate of drug-likeness (QED) is 0.603. The summed E-state index contributed by atoms with van der Waals surface area (Å²) in [6.45, 7) is 9.05. The van der Waals surface area contributed by atoms with Crippen LogP contribution in [0.2, 0.25) is 0 Å². The molecule has 1 saturated heterocycles. The van der Waals surface area contributed by atoms with Gasteiger partial charge in [0, 0.05) is 5.92 Å². The second kappa shape index (κ2) is 8.47. The molecule has 4 unspecified atom stereocenters. The minimum Gasteiger partial charge on any atom is -0.390 e. The number of ether oxygens (including phenoxy) is 1. The second-order valence-corrected chi connectivity index (χ2v) is 7.65. The maximum Gasteiger partial charge on any atom is 0.183 e. The number of unbranched alkanes of at least 4 members (excludes halogenated alkanes) is 3. The first kappa shape index (κ1) is 18.9. The minimum absolute atomic E-state index is 0.0986. The van der Waals surface area contributed by atoms with Gasteiger partial charge < -0.3 is 20.1 Å². The third-order valence-corrected chi connectivity index (χ3v) is 4.86. The molecule has 0 spiro atoms. The zero-order valence-electron chi connectivity index (χ0n) is 14.1. The standard InChI is InChI=1S/C17H34O4/c1-12(2)9-7-5-6-8-10-17(3,4)13-11-21-16(20)15(19)14(13)18/h12-16,18-20H,5-11H2,1-4H3. The van der Waals surface area contributed by atoms with Crippen LogP contribution in [0.1, 0.15) is 66.2 Å². The van der Waals surface area contributed by atoms with Crippen LogP contribution >= 0.6 is 0 Å². The highest BCUT2D eigenvalue weighted by Gasteiger charge is 2.44. The van der Waals surface area contributed by atoms with Gasteiger partial charge >= 0.3 is 0 Å². The second-order valence-electron chi connectivity index (χ2n) is 7.65. The van der Waals surface area contributed by atoms with Gasteiger partial charge in [0.2, 0.25) is 0 Å². The molecule has 0 aliphatic carbocycles. The van der Waals surface area contributed by atoms with E-state index in [1.165, 1.54) is 25.7 Å². The van der Waals surface area contributed by atoms with Gasteiger partial charge in [0.1, 0.15) is 6.10 Å². The SMILES string of the molecule is CC(C)CCCCCCC(C)(C)C1COC(O)C(O)C1O. The van der Waals surface area contributed by atoms with E-state index in [9.17, 15) is 15.3 Å². The van der Waals surface area contributed by atoms with Crippen molar-refractivity contribution in [3.63, 3.8) is 0 Å². The Morgan fingerprint density at radius 1 is 1.00 bits per heavy atom. The maximum absolute atomic E-state index is 10.2. The molecule has 1 rings (SSSR count). The Bertz CT molecular complexity index is 291. The molecule has 21 heavy (non-hydrogen) atoms. The number of aliphatic hydroxyl groups is 3. The third-order valence-electron chi connectivity index (χ3n) is 4.86. The summed E-state index contributed by atoms with van der Waals surface area (Å²) in [4.78, 5) is 0. The van der Waals surface area contributed by atoms with E-state index in [0.29, 0.717) is 6.61 Å². The van der Waals surface area contributed by atoms with Crippen LogP contribution in [0.25, 0.3) is 0 Å². The summed E-state index contributed by atoms with van der Waals surface area (Å²) >= 11 is 0. The van der Waals surface area contributed by atoms with Gasteiger partial charge in [-0.3, -0.25) is 0 Å². The summed E-state index contributed by atoms with van der Waals surface area (Å²) < 4.78 is 5.18. The number of hydrogen-bond acceptors (Lipinski definition) is 4. The van der Waals surface area contributed by atoms with Crippen molar-refractivity contribution in [2.24, 2.45) is 17.3 Å². The molecule has 4 heteroatoms. The first-order chi connectivity index (χ1) is 9.75. The lowest BCUT2D eigenvalue weighted by molar-refractivity contribution is -0.253. The van der Waals surface area contributed by atoms with E-state index in [1.54, 1.807) is 0 Å². The van der Waals surface area contributed by atoms with Gasteiger partial charge in [-0.25, -0.2) is 0 Å². The van der Waals surface area contributed by atoms with Gasteiger partial charge in [-0.2, -0.15) is 0 Å². The topological polar surface area (TPSA) is 69.9 Å². The van der Waals surface area contributed by atoms with Crippen LogP contribution in [-0.2, 0) is 4.74 Å². The lowest BCUT2D eigenvalue weighted by Gasteiger charge is -2.43. The van der Waals surface area contributed by atoms with E-state index < -0.39 is 18.5 Å². The largest absolute Gasteiger partial charge is 0.390 e. The first-order valence-corrected chi connectivity index (χ1v) is 8.41. The Morgan fingerprint density at radius 2 is 1.62 bits per heavy atom. The van der Waals surface area contributed by atoms with E-state index in [0.717, 1.165) is 18.8 Å². The summed E-state index contributed by atoms with van der Waals surface area (Å²) in [6, 6.07) is 0. The Hall–Kier alpha value is -0.160. The van der Waals surface area contributed by atoms with Crippen molar-refractivity contribution in [3.05, 3.63) is 0 Å². The van der Waals surface area contributed by atoms with Crippen molar-refractivity contribution in [1.82, 2.24) is 0 Å². The number of rotatable bonds is 8. The molecule has 0 radical (unpaired) electrons. The van der Waals surface area contributed by atoms with Crippen LogP contribution in [-0.4, -0.2) is 40.4 Å². The Balaban J connectivity index is 2.32. The summed E-state index contributed by atoms with van der Waals surface area (Å²) in [5, 5.41) is 29.3. The molecule has 0 aromatic rings. The highest BCUT2D eigenvalue weighted by Crippen LogP contribution is 2.38. The van der Waals surface area contributed by atoms with Crippen molar-refractivity contribution in [1.29, 1.82) is 0 Å². The molecule has 0 aromatic carbocycles.